The van der Waals surface area contributed by atoms with E-state index in [0.717, 1.165) is 5.75 Å². The molecule has 2 aromatic rings. The van der Waals surface area contributed by atoms with E-state index < -0.39 is 0 Å². The average molecular weight is 289 g/mol. The Morgan fingerprint density at radius 1 is 1.05 bits per heavy atom. The first-order chi connectivity index (χ1) is 9.45. The van der Waals surface area contributed by atoms with Crippen LogP contribution in [-0.4, -0.2) is 14.2 Å². The van der Waals surface area contributed by atoms with Crippen LogP contribution in [0.1, 0.15) is 42.1 Å². The quantitative estimate of drug-likeness (QED) is 0.903. The molecule has 0 amide bonds. The predicted molar refractivity (Wildman–Crippen MR) is 86.9 cm³/mol. The van der Waals surface area contributed by atoms with Crippen molar-refractivity contribution in [3.05, 3.63) is 51.7 Å². The van der Waals surface area contributed by atoms with Crippen molar-refractivity contribution in [2.75, 3.05) is 14.2 Å². The van der Waals surface area contributed by atoms with Crippen LogP contribution in [0, 0.1) is 0 Å². The third kappa shape index (κ3) is 3.22. The first-order valence-corrected chi connectivity index (χ1v) is 7.69. The van der Waals surface area contributed by atoms with Gasteiger partial charge in [0, 0.05) is 9.75 Å². The average Bonchev–Trinajstić information content (AvgIpc) is 2.90. The van der Waals surface area contributed by atoms with Crippen LogP contribution in [0.3, 0.4) is 0 Å². The fourth-order valence-corrected chi connectivity index (χ4v) is 3.38. The van der Waals surface area contributed by atoms with Crippen molar-refractivity contribution in [1.82, 2.24) is 5.32 Å². The highest BCUT2D eigenvalue weighted by Gasteiger charge is 2.20. The molecule has 3 heteroatoms. The Bertz CT molecular complexity index is 551. The highest BCUT2D eigenvalue weighted by molar-refractivity contribution is 7.12. The van der Waals surface area contributed by atoms with E-state index in [1.54, 1.807) is 7.11 Å². The van der Waals surface area contributed by atoms with Gasteiger partial charge in [0.1, 0.15) is 5.75 Å². The molecular formula is C17H23NOS. The van der Waals surface area contributed by atoms with Gasteiger partial charge in [0.2, 0.25) is 0 Å². The van der Waals surface area contributed by atoms with E-state index in [2.05, 4.69) is 50.4 Å². The van der Waals surface area contributed by atoms with Crippen LogP contribution in [0.2, 0.25) is 0 Å². The van der Waals surface area contributed by atoms with E-state index >= 15 is 0 Å². The van der Waals surface area contributed by atoms with Crippen LogP contribution in [0.4, 0.5) is 0 Å². The van der Waals surface area contributed by atoms with Gasteiger partial charge in [-0.05, 0) is 42.3 Å². The van der Waals surface area contributed by atoms with Gasteiger partial charge in [0.05, 0.1) is 13.2 Å². The number of methoxy groups -OCH3 is 1. The monoisotopic (exact) mass is 289 g/mol. The summed E-state index contributed by atoms with van der Waals surface area (Å²) in [6.07, 6.45) is 0. The Labute approximate surface area is 125 Å². The van der Waals surface area contributed by atoms with Crippen LogP contribution >= 0.6 is 11.3 Å². The molecule has 1 aromatic heterocycles. The molecule has 0 saturated carbocycles. The van der Waals surface area contributed by atoms with Crippen molar-refractivity contribution < 1.29 is 4.74 Å². The highest BCUT2D eigenvalue weighted by Crippen LogP contribution is 2.34. The molecule has 0 bridgehead atoms. The fraction of sp³-hybridized carbons (Fsp3) is 0.412. The molecule has 1 aromatic carbocycles. The van der Waals surface area contributed by atoms with Gasteiger partial charge in [-0.15, -0.1) is 11.3 Å². The molecule has 0 aliphatic carbocycles. The third-order valence-corrected chi connectivity index (χ3v) is 4.96. The van der Waals surface area contributed by atoms with Gasteiger partial charge in [0.15, 0.2) is 0 Å². The normalized spacial score (nSPS) is 13.2. The molecule has 1 heterocycles. The van der Waals surface area contributed by atoms with Crippen LogP contribution < -0.4 is 10.1 Å². The second kappa shape index (κ2) is 5.98. The van der Waals surface area contributed by atoms with Gasteiger partial charge in [-0.2, -0.15) is 0 Å². The van der Waals surface area contributed by atoms with Gasteiger partial charge in [-0.3, -0.25) is 0 Å². The molecule has 2 rings (SSSR count). The molecule has 0 spiro atoms. The molecule has 0 fully saturated rings. The minimum atomic E-state index is 0.209. The summed E-state index contributed by atoms with van der Waals surface area (Å²) in [5, 5.41) is 3.41. The molecular weight excluding hydrogens is 266 g/mol. The Balaban J connectivity index is 2.29. The predicted octanol–water partition coefficient (Wildman–Crippen LogP) is 4.36. The minimum Gasteiger partial charge on any atom is -0.497 e. The summed E-state index contributed by atoms with van der Waals surface area (Å²) in [7, 11) is 3.70. The van der Waals surface area contributed by atoms with Crippen LogP contribution in [-0.2, 0) is 5.41 Å². The number of thiophene rings is 1. The zero-order valence-corrected chi connectivity index (χ0v) is 13.7. The summed E-state index contributed by atoms with van der Waals surface area (Å²) in [4.78, 5) is 2.77. The van der Waals surface area contributed by atoms with Crippen LogP contribution in [0.15, 0.2) is 36.4 Å². The first-order valence-electron chi connectivity index (χ1n) is 6.87. The lowest BCUT2D eigenvalue weighted by atomic mass is 9.95. The molecule has 20 heavy (non-hydrogen) atoms. The summed E-state index contributed by atoms with van der Waals surface area (Å²) in [5.74, 6) is 0.894. The summed E-state index contributed by atoms with van der Waals surface area (Å²) in [6.45, 7) is 6.76. The Morgan fingerprint density at radius 3 is 2.15 bits per heavy atom. The molecule has 1 unspecified atom stereocenters. The Kier molecular flexibility index (Phi) is 4.51. The molecule has 108 valence electrons. The smallest absolute Gasteiger partial charge is 0.118 e. The zero-order chi connectivity index (χ0) is 14.8. The SMILES string of the molecule is CNC(c1ccc(OC)cc1)c1ccc(C(C)(C)C)s1. The lowest BCUT2D eigenvalue weighted by Crippen LogP contribution is -2.16. The number of hydrogen-bond acceptors (Lipinski definition) is 3. The van der Waals surface area contributed by atoms with Gasteiger partial charge in [0.25, 0.3) is 0 Å². The standard InChI is InChI=1S/C17H23NOS/c1-17(2,3)15-11-10-14(20-15)16(18-4)12-6-8-13(19-5)9-7-12/h6-11,16,18H,1-5H3. The summed E-state index contributed by atoms with van der Waals surface area (Å²) in [6, 6.07) is 13.0. The van der Waals surface area contributed by atoms with Gasteiger partial charge < -0.3 is 10.1 Å². The molecule has 1 atom stereocenters. The van der Waals surface area contributed by atoms with Gasteiger partial charge in [-0.25, -0.2) is 0 Å². The largest absolute Gasteiger partial charge is 0.497 e. The maximum absolute atomic E-state index is 5.22. The lowest BCUT2D eigenvalue weighted by Gasteiger charge is -2.17. The van der Waals surface area contributed by atoms with E-state index in [4.69, 9.17) is 4.74 Å². The third-order valence-electron chi connectivity index (χ3n) is 3.39. The molecule has 1 N–H and O–H groups in total. The minimum absolute atomic E-state index is 0.209. The van der Waals surface area contributed by atoms with Crippen molar-refractivity contribution in [2.24, 2.45) is 0 Å². The maximum Gasteiger partial charge on any atom is 0.118 e. The zero-order valence-electron chi connectivity index (χ0n) is 12.9. The van der Waals surface area contributed by atoms with Crippen molar-refractivity contribution >= 4 is 11.3 Å². The van der Waals surface area contributed by atoms with Gasteiger partial charge >= 0.3 is 0 Å². The van der Waals surface area contributed by atoms with E-state index in [0.29, 0.717) is 0 Å². The summed E-state index contributed by atoms with van der Waals surface area (Å²) in [5.41, 5.74) is 1.47. The second-order valence-electron chi connectivity index (χ2n) is 5.95. The van der Waals surface area contributed by atoms with Crippen molar-refractivity contribution in [1.29, 1.82) is 0 Å². The maximum atomic E-state index is 5.22. The molecule has 0 aliphatic rings. The number of hydrogen-bond donors (Lipinski definition) is 1. The fourth-order valence-electron chi connectivity index (χ4n) is 2.18. The van der Waals surface area contributed by atoms with E-state index in [1.165, 1.54) is 15.3 Å². The summed E-state index contributed by atoms with van der Waals surface area (Å²) >= 11 is 1.88. The van der Waals surface area contributed by atoms with E-state index in [9.17, 15) is 0 Å². The topological polar surface area (TPSA) is 21.3 Å². The van der Waals surface area contributed by atoms with Crippen LogP contribution in [0.5, 0.6) is 5.75 Å². The number of benzene rings is 1. The molecule has 0 saturated heterocycles. The van der Waals surface area contributed by atoms with Crippen molar-refractivity contribution in [2.45, 2.75) is 32.2 Å². The van der Waals surface area contributed by atoms with Gasteiger partial charge in [-0.1, -0.05) is 32.9 Å². The van der Waals surface area contributed by atoms with Crippen LogP contribution in [0.25, 0.3) is 0 Å². The molecule has 0 aliphatic heterocycles. The van der Waals surface area contributed by atoms with Crippen molar-refractivity contribution in [3.8, 4) is 5.75 Å². The molecule has 0 radical (unpaired) electrons. The van der Waals surface area contributed by atoms with Crippen molar-refractivity contribution in [3.63, 3.8) is 0 Å². The Hall–Kier alpha value is -1.32. The van der Waals surface area contributed by atoms with E-state index in [-0.39, 0.29) is 11.5 Å². The number of rotatable bonds is 4. The lowest BCUT2D eigenvalue weighted by molar-refractivity contribution is 0.414. The Morgan fingerprint density at radius 2 is 1.70 bits per heavy atom. The van der Waals surface area contributed by atoms with E-state index in [1.807, 2.05) is 30.5 Å². The summed E-state index contributed by atoms with van der Waals surface area (Å²) < 4.78 is 5.22. The number of nitrogens with one attached hydrogen (secondary N) is 1. The highest BCUT2D eigenvalue weighted by atomic mass is 32.1. The molecule has 2 nitrogen and oxygen atoms in total. The first kappa shape index (κ1) is 15.1. The second-order valence-corrected chi connectivity index (χ2v) is 7.06. The number of ether oxygens (including phenoxy) is 1.